The fraction of sp³-hybridized carbons (Fsp3) is 0.545. The Kier molecular flexibility index (Phi) is 2.22. The van der Waals surface area contributed by atoms with Crippen LogP contribution in [0.15, 0.2) is 23.8 Å². The number of hydrogen-bond acceptors (Lipinski definition) is 1. The van der Waals surface area contributed by atoms with Crippen molar-refractivity contribution in [3.8, 4) is 0 Å². The van der Waals surface area contributed by atoms with Gasteiger partial charge in [0.15, 0.2) is 0 Å². The van der Waals surface area contributed by atoms with Crippen molar-refractivity contribution < 1.29 is 4.79 Å². The van der Waals surface area contributed by atoms with E-state index in [0.717, 1.165) is 18.3 Å². The Morgan fingerprint density at radius 1 is 1.75 bits per heavy atom. The Labute approximate surface area is 74.2 Å². The lowest BCUT2D eigenvalue weighted by Gasteiger charge is -2.29. The van der Waals surface area contributed by atoms with E-state index in [4.69, 9.17) is 0 Å². The molecular weight excluding hydrogens is 148 g/mol. The van der Waals surface area contributed by atoms with E-state index in [0.29, 0.717) is 5.92 Å². The molecule has 0 heterocycles. The van der Waals surface area contributed by atoms with Gasteiger partial charge in [0.05, 0.1) is 0 Å². The highest BCUT2D eigenvalue weighted by atomic mass is 16.1. The lowest BCUT2D eigenvalue weighted by atomic mass is 9.75. The fourth-order valence-corrected chi connectivity index (χ4v) is 1.82. The molecule has 0 N–H and O–H groups in total. The molecule has 0 aliphatic heterocycles. The van der Waals surface area contributed by atoms with Crippen molar-refractivity contribution in [2.45, 2.75) is 27.2 Å². The Hall–Kier alpha value is -0.850. The molecule has 0 radical (unpaired) electrons. The third kappa shape index (κ3) is 1.24. The summed E-state index contributed by atoms with van der Waals surface area (Å²) in [6.45, 7) is 10.3. The molecule has 0 aromatic carbocycles. The molecule has 0 spiro atoms. The molecule has 0 aromatic rings. The lowest BCUT2D eigenvalue weighted by Crippen LogP contribution is -2.22. The van der Waals surface area contributed by atoms with Gasteiger partial charge in [-0.25, -0.2) is 0 Å². The largest absolute Gasteiger partial charge is 0.298 e. The second-order valence-corrected chi connectivity index (χ2v) is 4.09. The van der Waals surface area contributed by atoms with Gasteiger partial charge < -0.3 is 0 Å². The smallest absolute Gasteiger partial charge is 0.145 e. The third-order valence-electron chi connectivity index (χ3n) is 3.15. The van der Waals surface area contributed by atoms with E-state index in [2.05, 4.69) is 33.4 Å². The quantitative estimate of drug-likeness (QED) is 0.348. The van der Waals surface area contributed by atoms with Crippen LogP contribution in [0.5, 0.6) is 0 Å². The number of carbonyl (C=O) groups excluding carboxylic acids is 1. The van der Waals surface area contributed by atoms with Crippen molar-refractivity contribution in [3.63, 3.8) is 0 Å². The SMILES string of the molecule is C=C(C=O)[C@@H]1CC=C(C)C1(C)C. The normalized spacial score (nSPS) is 26.6. The highest BCUT2D eigenvalue weighted by molar-refractivity contribution is 5.73. The molecule has 1 aliphatic carbocycles. The topological polar surface area (TPSA) is 17.1 Å². The molecule has 1 heteroatoms. The zero-order valence-electron chi connectivity index (χ0n) is 8.05. The maximum atomic E-state index is 10.6. The number of hydrogen-bond donors (Lipinski definition) is 0. The maximum absolute atomic E-state index is 10.6. The summed E-state index contributed by atoms with van der Waals surface area (Å²) in [5, 5.41) is 0. The van der Waals surface area contributed by atoms with Gasteiger partial charge in [-0.15, -0.1) is 0 Å². The standard InChI is InChI=1S/C11H16O/c1-8(7-12)10-6-5-9(2)11(10,3)4/h5,7,10H,1,6H2,2-4H3/t10-/m0/s1. The zero-order chi connectivity index (χ0) is 9.35. The minimum atomic E-state index is 0.123. The van der Waals surface area contributed by atoms with Gasteiger partial charge in [0, 0.05) is 0 Å². The van der Waals surface area contributed by atoms with E-state index in [9.17, 15) is 4.79 Å². The van der Waals surface area contributed by atoms with Gasteiger partial charge in [-0.05, 0) is 30.3 Å². The highest BCUT2D eigenvalue weighted by Crippen LogP contribution is 2.45. The molecule has 12 heavy (non-hydrogen) atoms. The molecule has 66 valence electrons. The van der Waals surface area contributed by atoms with Crippen molar-refractivity contribution in [1.82, 2.24) is 0 Å². The van der Waals surface area contributed by atoms with Crippen LogP contribution in [0.1, 0.15) is 27.2 Å². The van der Waals surface area contributed by atoms with Gasteiger partial charge in [0.25, 0.3) is 0 Å². The average Bonchev–Trinajstić information content (AvgIpc) is 2.27. The molecule has 1 atom stereocenters. The van der Waals surface area contributed by atoms with E-state index < -0.39 is 0 Å². The van der Waals surface area contributed by atoms with Gasteiger partial charge >= 0.3 is 0 Å². The summed E-state index contributed by atoms with van der Waals surface area (Å²) >= 11 is 0. The first-order valence-electron chi connectivity index (χ1n) is 4.31. The summed E-state index contributed by atoms with van der Waals surface area (Å²) in [7, 11) is 0. The van der Waals surface area contributed by atoms with Crippen molar-refractivity contribution in [1.29, 1.82) is 0 Å². The molecule has 1 nitrogen and oxygen atoms in total. The van der Waals surface area contributed by atoms with Crippen molar-refractivity contribution in [2.75, 3.05) is 0 Å². The maximum Gasteiger partial charge on any atom is 0.145 e. The van der Waals surface area contributed by atoms with Gasteiger partial charge in [-0.3, -0.25) is 4.79 Å². The zero-order valence-corrected chi connectivity index (χ0v) is 8.05. The van der Waals surface area contributed by atoms with E-state index in [1.807, 2.05) is 0 Å². The van der Waals surface area contributed by atoms with E-state index in [1.54, 1.807) is 0 Å². The van der Waals surface area contributed by atoms with E-state index in [1.165, 1.54) is 5.57 Å². The summed E-state index contributed by atoms with van der Waals surface area (Å²) in [4.78, 5) is 10.6. The molecular formula is C11H16O. The molecule has 0 amide bonds. The summed E-state index contributed by atoms with van der Waals surface area (Å²) in [6.07, 6.45) is 4.06. The molecule has 0 aromatic heterocycles. The van der Waals surface area contributed by atoms with Gasteiger partial charge in [-0.2, -0.15) is 0 Å². The van der Waals surface area contributed by atoms with Crippen LogP contribution < -0.4 is 0 Å². The first-order valence-corrected chi connectivity index (χ1v) is 4.31. The van der Waals surface area contributed by atoms with Crippen LogP contribution in [0.2, 0.25) is 0 Å². The van der Waals surface area contributed by atoms with Crippen LogP contribution >= 0.6 is 0 Å². The van der Waals surface area contributed by atoms with Gasteiger partial charge in [0.2, 0.25) is 0 Å². The number of aldehydes is 1. The number of rotatable bonds is 2. The van der Waals surface area contributed by atoms with Crippen LogP contribution in [0.4, 0.5) is 0 Å². The predicted molar refractivity (Wildman–Crippen MR) is 50.8 cm³/mol. The minimum Gasteiger partial charge on any atom is -0.298 e. The molecule has 0 fully saturated rings. The second-order valence-electron chi connectivity index (χ2n) is 4.09. The van der Waals surface area contributed by atoms with Crippen molar-refractivity contribution in [3.05, 3.63) is 23.8 Å². The summed E-state index contributed by atoms with van der Waals surface area (Å²) in [5.41, 5.74) is 2.22. The molecule has 0 bridgehead atoms. The monoisotopic (exact) mass is 164 g/mol. The minimum absolute atomic E-state index is 0.123. The molecule has 0 unspecified atom stereocenters. The molecule has 1 rings (SSSR count). The Morgan fingerprint density at radius 2 is 2.33 bits per heavy atom. The third-order valence-corrected chi connectivity index (χ3v) is 3.15. The Bertz CT molecular complexity index is 246. The number of allylic oxidation sites excluding steroid dienone is 3. The van der Waals surface area contributed by atoms with Crippen molar-refractivity contribution in [2.24, 2.45) is 11.3 Å². The van der Waals surface area contributed by atoms with E-state index in [-0.39, 0.29) is 5.41 Å². The lowest BCUT2D eigenvalue weighted by molar-refractivity contribution is -0.105. The first-order chi connectivity index (χ1) is 5.50. The second kappa shape index (κ2) is 2.89. The van der Waals surface area contributed by atoms with Crippen LogP contribution in [-0.4, -0.2) is 6.29 Å². The average molecular weight is 164 g/mol. The van der Waals surface area contributed by atoms with Crippen LogP contribution in [-0.2, 0) is 4.79 Å². The predicted octanol–water partition coefficient (Wildman–Crippen LogP) is 2.73. The fourth-order valence-electron chi connectivity index (χ4n) is 1.82. The molecule has 1 aliphatic rings. The molecule has 0 saturated carbocycles. The van der Waals surface area contributed by atoms with Crippen LogP contribution in [0.25, 0.3) is 0 Å². The highest BCUT2D eigenvalue weighted by Gasteiger charge is 2.36. The van der Waals surface area contributed by atoms with E-state index >= 15 is 0 Å². The Morgan fingerprint density at radius 3 is 2.67 bits per heavy atom. The first kappa shape index (κ1) is 9.24. The number of carbonyl (C=O) groups is 1. The van der Waals surface area contributed by atoms with Gasteiger partial charge in [0.1, 0.15) is 6.29 Å². The van der Waals surface area contributed by atoms with Crippen LogP contribution in [0.3, 0.4) is 0 Å². The summed E-state index contributed by atoms with van der Waals surface area (Å²) in [5.74, 6) is 0.315. The summed E-state index contributed by atoms with van der Waals surface area (Å²) in [6, 6.07) is 0. The van der Waals surface area contributed by atoms with Crippen LogP contribution in [0, 0.1) is 11.3 Å². The van der Waals surface area contributed by atoms with Gasteiger partial charge in [-0.1, -0.05) is 32.1 Å². The molecule has 0 saturated heterocycles. The van der Waals surface area contributed by atoms with Crippen molar-refractivity contribution >= 4 is 6.29 Å². The Balaban J connectivity index is 2.87. The summed E-state index contributed by atoms with van der Waals surface area (Å²) < 4.78 is 0.